The van der Waals surface area contributed by atoms with Crippen LogP contribution in [0.1, 0.15) is 28.5 Å². The lowest BCUT2D eigenvalue weighted by Gasteiger charge is -2.08. The molecule has 0 saturated heterocycles. The van der Waals surface area contributed by atoms with Crippen molar-refractivity contribution < 1.29 is 14.3 Å². The molecule has 1 aromatic carbocycles. The molecule has 2 heterocycles. The Morgan fingerprint density at radius 1 is 1.26 bits per heavy atom. The summed E-state index contributed by atoms with van der Waals surface area (Å²) >= 11 is 0. The molecule has 0 spiro atoms. The number of amides is 1. The Labute approximate surface area is 155 Å². The molecule has 0 aliphatic rings. The van der Waals surface area contributed by atoms with Crippen molar-refractivity contribution in [2.45, 2.75) is 19.9 Å². The molecule has 0 radical (unpaired) electrons. The van der Waals surface area contributed by atoms with Crippen molar-refractivity contribution in [3.63, 3.8) is 0 Å². The minimum atomic E-state index is -0.365. The number of carbonyl (C=O) groups excluding carboxylic acids is 1. The van der Waals surface area contributed by atoms with Gasteiger partial charge in [-0.05, 0) is 18.6 Å². The molecule has 1 amide bonds. The van der Waals surface area contributed by atoms with Gasteiger partial charge in [-0.2, -0.15) is 5.10 Å². The SMILES string of the molecule is CCc1cnc(-c2ccn(Cc3ccccc3F)n2)nc1C(=O)NCCO. The van der Waals surface area contributed by atoms with Gasteiger partial charge in [-0.1, -0.05) is 25.1 Å². The van der Waals surface area contributed by atoms with Crippen molar-refractivity contribution >= 4 is 5.91 Å². The maximum absolute atomic E-state index is 13.8. The van der Waals surface area contributed by atoms with E-state index in [1.807, 2.05) is 6.92 Å². The molecule has 0 unspecified atom stereocenters. The normalized spacial score (nSPS) is 10.8. The van der Waals surface area contributed by atoms with Crippen LogP contribution in [0.5, 0.6) is 0 Å². The van der Waals surface area contributed by atoms with Gasteiger partial charge in [0.25, 0.3) is 5.91 Å². The molecule has 0 atom stereocenters. The van der Waals surface area contributed by atoms with Crippen molar-refractivity contribution in [1.82, 2.24) is 25.1 Å². The average molecular weight is 369 g/mol. The fraction of sp³-hybridized carbons (Fsp3) is 0.263. The van der Waals surface area contributed by atoms with Crippen LogP contribution >= 0.6 is 0 Å². The number of benzene rings is 1. The van der Waals surface area contributed by atoms with Gasteiger partial charge in [0.2, 0.25) is 0 Å². The van der Waals surface area contributed by atoms with Gasteiger partial charge in [0.15, 0.2) is 5.82 Å². The molecule has 0 bridgehead atoms. The van der Waals surface area contributed by atoms with E-state index >= 15 is 0 Å². The molecule has 7 nitrogen and oxygen atoms in total. The van der Waals surface area contributed by atoms with E-state index in [2.05, 4.69) is 20.4 Å². The minimum Gasteiger partial charge on any atom is -0.395 e. The number of aromatic nitrogens is 4. The highest BCUT2D eigenvalue weighted by Gasteiger charge is 2.16. The smallest absolute Gasteiger partial charge is 0.270 e. The molecule has 2 aromatic heterocycles. The van der Waals surface area contributed by atoms with Crippen LogP contribution in [0.15, 0.2) is 42.7 Å². The van der Waals surface area contributed by atoms with Crippen LogP contribution in [0.2, 0.25) is 0 Å². The maximum Gasteiger partial charge on any atom is 0.270 e. The van der Waals surface area contributed by atoms with E-state index in [4.69, 9.17) is 5.11 Å². The van der Waals surface area contributed by atoms with Crippen LogP contribution in [0.4, 0.5) is 4.39 Å². The first-order valence-electron chi connectivity index (χ1n) is 8.64. The number of aliphatic hydroxyl groups excluding tert-OH is 1. The lowest BCUT2D eigenvalue weighted by atomic mass is 10.1. The van der Waals surface area contributed by atoms with Crippen LogP contribution in [0, 0.1) is 5.82 Å². The van der Waals surface area contributed by atoms with E-state index in [1.54, 1.807) is 41.3 Å². The van der Waals surface area contributed by atoms with Gasteiger partial charge in [0.1, 0.15) is 17.2 Å². The molecule has 140 valence electrons. The summed E-state index contributed by atoms with van der Waals surface area (Å²) in [6.45, 7) is 2.19. The van der Waals surface area contributed by atoms with E-state index < -0.39 is 0 Å². The minimum absolute atomic E-state index is 0.147. The highest BCUT2D eigenvalue weighted by molar-refractivity contribution is 5.94. The Morgan fingerprint density at radius 3 is 2.81 bits per heavy atom. The number of aryl methyl sites for hydroxylation is 1. The van der Waals surface area contributed by atoms with Gasteiger partial charge >= 0.3 is 0 Å². The fourth-order valence-electron chi connectivity index (χ4n) is 2.61. The molecule has 3 aromatic rings. The van der Waals surface area contributed by atoms with Crippen LogP contribution in [-0.4, -0.2) is 43.9 Å². The lowest BCUT2D eigenvalue weighted by molar-refractivity contribution is 0.0938. The molecule has 0 fully saturated rings. The highest BCUT2D eigenvalue weighted by atomic mass is 19.1. The summed E-state index contributed by atoms with van der Waals surface area (Å²) in [5, 5.41) is 15.9. The second-order valence-corrected chi connectivity index (χ2v) is 5.89. The Morgan fingerprint density at radius 2 is 2.07 bits per heavy atom. The zero-order valence-electron chi connectivity index (χ0n) is 14.9. The zero-order chi connectivity index (χ0) is 19.2. The van der Waals surface area contributed by atoms with Gasteiger partial charge in [-0.25, -0.2) is 14.4 Å². The van der Waals surface area contributed by atoms with Crippen molar-refractivity contribution in [1.29, 1.82) is 0 Å². The van der Waals surface area contributed by atoms with E-state index in [-0.39, 0.29) is 37.1 Å². The second kappa shape index (κ2) is 8.50. The van der Waals surface area contributed by atoms with E-state index in [0.717, 1.165) is 0 Å². The molecular formula is C19H20FN5O2. The first kappa shape index (κ1) is 18.7. The first-order chi connectivity index (χ1) is 13.1. The van der Waals surface area contributed by atoms with Crippen molar-refractivity contribution in [3.8, 4) is 11.5 Å². The summed E-state index contributed by atoms with van der Waals surface area (Å²) in [7, 11) is 0. The predicted molar refractivity (Wildman–Crippen MR) is 97.6 cm³/mol. The maximum atomic E-state index is 13.8. The molecule has 3 rings (SSSR count). The largest absolute Gasteiger partial charge is 0.395 e. The molecule has 0 aliphatic heterocycles. The summed E-state index contributed by atoms with van der Waals surface area (Å²) in [6.07, 6.45) is 3.92. The van der Waals surface area contributed by atoms with Crippen LogP contribution in [-0.2, 0) is 13.0 Å². The molecule has 27 heavy (non-hydrogen) atoms. The third-order valence-corrected chi connectivity index (χ3v) is 4.02. The van der Waals surface area contributed by atoms with Crippen molar-refractivity contribution in [2.75, 3.05) is 13.2 Å². The summed E-state index contributed by atoms with van der Waals surface area (Å²) in [6, 6.07) is 8.24. The number of nitrogens with zero attached hydrogens (tertiary/aromatic N) is 4. The third kappa shape index (κ3) is 4.35. The fourth-order valence-corrected chi connectivity index (χ4v) is 2.61. The number of nitrogens with one attached hydrogen (secondary N) is 1. The highest BCUT2D eigenvalue weighted by Crippen LogP contribution is 2.16. The average Bonchev–Trinajstić information content (AvgIpc) is 3.16. The standard InChI is InChI=1S/C19H20FN5O2/c1-2-13-11-22-18(23-17(13)19(27)21-8-10-26)16-7-9-25(24-16)12-14-5-3-4-6-15(14)20/h3-7,9,11,26H,2,8,10,12H2,1H3,(H,21,27). The third-order valence-electron chi connectivity index (χ3n) is 4.02. The molecule has 0 saturated carbocycles. The Hall–Kier alpha value is -3.13. The van der Waals surface area contributed by atoms with Crippen molar-refractivity contribution in [2.24, 2.45) is 0 Å². The topological polar surface area (TPSA) is 92.9 Å². The summed E-state index contributed by atoms with van der Waals surface area (Å²) in [4.78, 5) is 20.9. The second-order valence-electron chi connectivity index (χ2n) is 5.89. The first-order valence-corrected chi connectivity index (χ1v) is 8.64. The van der Waals surface area contributed by atoms with Crippen LogP contribution in [0.25, 0.3) is 11.5 Å². The molecule has 2 N–H and O–H groups in total. The summed E-state index contributed by atoms with van der Waals surface area (Å²) in [5.74, 6) is -0.343. The monoisotopic (exact) mass is 369 g/mol. The number of hydrogen-bond acceptors (Lipinski definition) is 5. The van der Waals surface area contributed by atoms with Gasteiger partial charge in [0, 0.05) is 30.1 Å². The van der Waals surface area contributed by atoms with E-state index in [9.17, 15) is 9.18 Å². The number of rotatable bonds is 7. The molecular weight excluding hydrogens is 349 g/mol. The van der Waals surface area contributed by atoms with Gasteiger partial charge in [-0.3, -0.25) is 9.48 Å². The quantitative estimate of drug-likeness (QED) is 0.663. The van der Waals surface area contributed by atoms with E-state index in [0.29, 0.717) is 29.1 Å². The van der Waals surface area contributed by atoms with Crippen molar-refractivity contribution in [3.05, 3.63) is 65.4 Å². The Bertz CT molecular complexity index is 941. The zero-order valence-corrected chi connectivity index (χ0v) is 14.9. The summed E-state index contributed by atoms with van der Waals surface area (Å²) in [5.41, 5.74) is 1.99. The van der Waals surface area contributed by atoms with Crippen LogP contribution in [0.3, 0.4) is 0 Å². The number of halogens is 1. The number of hydrogen-bond donors (Lipinski definition) is 2. The van der Waals surface area contributed by atoms with Gasteiger partial charge < -0.3 is 10.4 Å². The Balaban J connectivity index is 1.85. The van der Waals surface area contributed by atoms with E-state index in [1.165, 1.54) is 6.07 Å². The number of carbonyl (C=O) groups is 1. The number of aliphatic hydroxyl groups is 1. The van der Waals surface area contributed by atoms with Gasteiger partial charge in [-0.15, -0.1) is 0 Å². The van der Waals surface area contributed by atoms with Gasteiger partial charge in [0.05, 0.1) is 13.2 Å². The Kier molecular flexibility index (Phi) is 5.87. The molecule has 8 heteroatoms. The predicted octanol–water partition coefficient (Wildman–Crippen LogP) is 1.81. The summed E-state index contributed by atoms with van der Waals surface area (Å²) < 4.78 is 15.4. The lowest BCUT2D eigenvalue weighted by Crippen LogP contribution is -2.28. The van der Waals surface area contributed by atoms with Crippen LogP contribution < -0.4 is 5.32 Å². The molecule has 0 aliphatic carbocycles.